The van der Waals surface area contributed by atoms with E-state index in [4.69, 9.17) is 13.9 Å². The third-order valence-electron chi connectivity index (χ3n) is 5.30. The first-order chi connectivity index (χ1) is 12.0. The van der Waals surface area contributed by atoms with Gasteiger partial charge in [0, 0.05) is 36.0 Å². The number of aliphatic hydroxyl groups is 1. The number of hydrogen-bond donors (Lipinski definition) is 2. The van der Waals surface area contributed by atoms with Gasteiger partial charge >= 0.3 is 5.63 Å². The SMILES string of the molecule is COc1cc2c(C)c(CC(O)N3C[C@H]4C[C@@H]3CO4)c(=O)oc2cc1O. The third-order valence-corrected chi connectivity index (χ3v) is 5.30. The highest BCUT2D eigenvalue weighted by Crippen LogP contribution is 2.34. The molecule has 0 aliphatic carbocycles. The Labute approximate surface area is 144 Å². The van der Waals surface area contributed by atoms with Crippen molar-refractivity contribution in [3.8, 4) is 11.5 Å². The molecule has 1 aromatic carbocycles. The highest BCUT2D eigenvalue weighted by molar-refractivity contribution is 5.84. The van der Waals surface area contributed by atoms with Gasteiger partial charge in [-0.15, -0.1) is 0 Å². The molecule has 3 atom stereocenters. The van der Waals surface area contributed by atoms with Crippen LogP contribution in [0.4, 0.5) is 0 Å². The van der Waals surface area contributed by atoms with E-state index in [1.165, 1.54) is 13.2 Å². The summed E-state index contributed by atoms with van der Waals surface area (Å²) >= 11 is 0. The number of phenols is 1. The van der Waals surface area contributed by atoms with Crippen LogP contribution in [0.25, 0.3) is 11.0 Å². The number of fused-ring (bicyclic) bond motifs is 3. The molecule has 2 aliphatic rings. The first-order valence-corrected chi connectivity index (χ1v) is 8.36. The Bertz CT molecular complexity index is 876. The number of phenolic OH excluding ortho intramolecular Hbond substituents is 1. The molecule has 2 fully saturated rings. The topological polar surface area (TPSA) is 92.4 Å². The molecule has 1 aromatic heterocycles. The molecule has 0 radical (unpaired) electrons. The quantitative estimate of drug-likeness (QED) is 0.802. The Morgan fingerprint density at radius 3 is 2.88 bits per heavy atom. The van der Waals surface area contributed by atoms with Gasteiger partial charge in [-0.3, -0.25) is 4.90 Å². The van der Waals surface area contributed by atoms with Crippen LogP contribution in [-0.2, 0) is 11.2 Å². The number of aromatic hydroxyl groups is 1. The molecule has 2 aromatic rings. The summed E-state index contributed by atoms with van der Waals surface area (Å²) in [6, 6.07) is 3.23. The van der Waals surface area contributed by atoms with Gasteiger partial charge in [0.2, 0.25) is 0 Å². The van der Waals surface area contributed by atoms with E-state index < -0.39 is 11.9 Å². The molecule has 7 heteroatoms. The van der Waals surface area contributed by atoms with Crippen molar-refractivity contribution in [3.63, 3.8) is 0 Å². The maximum absolute atomic E-state index is 12.4. The second-order valence-corrected chi connectivity index (χ2v) is 6.74. The van der Waals surface area contributed by atoms with Crippen LogP contribution in [0.2, 0.25) is 0 Å². The van der Waals surface area contributed by atoms with Crippen molar-refractivity contribution >= 4 is 11.0 Å². The molecule has 0 saturated carbocycles. The maximum atomic E-state index is 12.4. The number of morpholine rings is 1. The lowest BCUT2D eigenvalue weighted by Crippen LogP contribution is -2.45. The summed E-state index contributed by atoms with van der Waals surface area (Å²) in [5.74, 6) is 0.225. The number of hydrogen-bond acceptors (Lipinski definition) is 7. The largest absolute Gasteiger partial charge is 0.504 e. The van der Waals surface area contributed by atoms with Crippen molar-refractivity contribution in [2.24, 2.45) is 0 Å². The fourth-order valence-electron chi connectivity index (χ4n) is 3.90. The standard InChI is InChI=1S/C18H21NO6/c1-9-12-4-16(23-2)14(20)6-15(12)25-18(22)13(9)5-17(21)19-7-11-3-10(19)8-24-11/h4,6,10-11,17,20-21H,3,5,7-8H2,1-2H3/t10-,11-,17?/m1/s1. The van der Waals surface area contributed by atoms with Gasteiger partial charge in [-0.2, -0.15) is 0 Å². The molecule has 2 bridgehead atoms. The molecule has 1 unspecified atom stereocenters. The predicted octanol–water partition coefficient (Wildman–Crippen LogP) is 1.15. The molecule has 3 heterocycles. The molecule has 2 N–H and O–H groups in total. The Kier molecular flexibility index (Phi) is 3.94. The van der Waals surface area contributed by atoms with Crippen molar-refractivity contribution in [1.29, 1.82) is 0 Å². The molecule has 4 rings (SSSR count). The van der Waals surface area contributed by atoms with Gasteiger partial charge in [-0.25, -0.2) is 4.79 Å². The average Bonchev–Trinajstić information content (AvgIpc) is 3.21. The second kappa shape index (κ2) is 6.01. The van der Waals surface area contributed by atoms with Crippen LogP contribution in [0, 0.1) is 6.92 Å². The van der Waals surface area contributed by atoms with E-state index in [9.17, 15) is 15.0 Å². The third kappa shape index (κ3) is 2.68. The number of rotatable bonds is 4. The fourth-order valence-corrected chi connectivity index (χ4v) is 3.90. The van der Waals surface area contributed by atoms with E-state index in [0.29, 0.717) is 35.4 Å². The molecular weight excluding hydrogens is 326 g/mol. The van der Waals surface area contributed by atoms with E-state index in [1.54, 1.807) is 6.07 Å². The number of aliphatic hydroxyl groups excluding tert-OH is 1. The fraction of sp³-hybridized carbons (Fsp3) is 0.500. The van der Waals surface area contributed by atoms with Gasteiger partial charge in [0.15, 0.2) is 11.5 Å². The summed E-state index contributed by atoms with van der Waals surface area (Å²) < 4.78 is 16.0. The molecule has 7 nitrogen and oxygen atoms in total. The molecule has 2 aliphatic heterocycles. The van der Waals surface area contributed by atoms with Gasteiger partial charge < -0.3 is 24.1 Å². The van der Waals surface area contributed by atoms with Gasteiger partial charge in [0.05, 0.1) is 19.8 Å². The van der Waals surface area contributed by atoms with Crippen LogP contribution in [0.5, 0.6) is 11.5 Å². The van der Waals surface area contributed by atoms with Crippen molar-refractivity contribution in [2.75, 3.05) is 20.3 Å². The zero-order chi connectivity index (χ0) is 17.7. The van der Waals surface area contributed by atoms with Gasteiger partial charge in [0.25, 0.3) is 0 Å². The summed E-state index contributed by atoms with van der Waals surface area (Å²) in [4.78, 5) is 14.4. The summed E-state index contributed by atoms with van der Waals surface area (Å²) in [5, 5.41) is 21.2. The number of benzene rings is 1. The Morgan fingerprint density at radius 2 is 2.24 bits per heavy atom. The lowest BCUT2D eigenvalue weighted by atomic mass is 10.0. The minimum Gasteiger partial charge on any atom is -0.504 e. The van der Waals surface area contributed by atoms with E-state index in [0.717, 1.165) is 12.0 Å². The smallest absolute Gasteiger partial charge is 0.339 e. The summed E-state index contributed by atoms with van der Waals surface area (Å²) in [6.45, 7) is 3.13. The molecule has 0 spiro atoms. The number of nitrogens with zero attached hydrogens (tertiary/aromatic N) is 1. The average molecular weight is 347 g/mol. The molecule has 2 saturated heterocycles. The molecular formula is C18H21NO6. The van der Waals surface area contributed by atoms with Crippen LogP contribution in [-0.4, -0.2) is 53.7 Å². The first kappa shape index (κ1) is 16.4. The van der Waals surface area contributed by atoms with Crippen LogP contribution in [0.3, 0.4) is 0 Å². The number of ether oxygens (including phenoxy) is 2. The lowest BCUT2D eigenvalue weighted by molar-refractivity contribution is -0.0605. The minimum atomic E-state index is -0.753. The monoisotopic (exact) mass is 347 g/mol. The zero-order valence-corrected chi connectivity index (χ0v) is 14.2. The summed E-state index contributed by atoms with van der Waals surface area (Å²) in [5.41, 5.74) is 0.975. The number of methoxy groups -OCH3 is 1. The molecule has 134 valence electrons. The first-order valence-electron chi connectivity index (χ1n) is 8.36. The molecule has 0 amide bonds. The van der Waals surface area contributed by atoms with Crippen molar-refractivity contribution in [1.82, 2.24) is 4.90 Å². The van der Waals surface area contributed by atoms with Crippen LogP contribution >= 0.6 is 0 Å². The normalized spacial score (nSPS) is 24.1. The Hall–Kier alpha value is -2.09. The highest BCUT2D eigenvalue weighted by Gasteiger charge is 2.42. The van der Waals surface area contributed by atoms with Crippen molar-refractivity contribution in [3.05, 3.63) is 33.7 Å². The number of aryl methyl sites for hydroxylation is 1. The van der Waals surface area contributed by atoms with E-state index >= 15 is 0 Å². The molecule has 25 heavy (non-hydrogen) atoms. The van der Waals surface area contributed by atoms with E-state index in [2.05, 4.69) is 0 Å². The highest BCUT2D eigenvalue weighted by atomic mass is 16.5. The van der Waals surface area contributed by atoms with Crippen molar-refractivity contribution in [2.45, 2.75) is 38.1 Å². The maximum Gasteiger partial charge on any atom is 0.339 e. The second-order valence-electron chi connectivity index (χ2n) is 6.74. The minimum absolute atomic E-state index is 0.0848. The van der Waals surface area contributed by atoms with Crippen molar-refractivity contribution < 1.29 is 24.1 Å². The summed E-state index contributed by atoms with van der Waals surface area (Å²) in [7, 11) is 1.46. The van der Waals surface area contributed by atoms with E-state index in [1.807, 2.05) is 11.8 Å². The van der Waals surface area contributed by atoms with E-state index in [-0.39, 0.29) is 24.3 Å². The zero-order valence-electron chi connectivity index (χ0n) is 14.2. The Balaban J connectivity index is 1.69. The lowest BCUT2D eigenvalue weighted by Gasteiger charge is -2.31. The Morgan fingerprint density at radius 1 is 1.44 bits per heavy atom. The van der Waals surface area contributed by atoms with Crippen LogP contribution in [0.15, 0.2) is 21.3 Å². The van der Waals surface area contributed by atoms with Crippen LogP contribution in [0.1, 0.15) is 17.5 Å². The van der Waals surface area contributed by atoms with Gasteiger partial charge in [0.1, 0.15) is 11.8 Å². The van der Waals surface area contributed by atoms with Crippen LogP contribution < -0.4 is 10.4 Å². The van der Waals surface area contributed by atoms with Gasteiger partial charge in [-0.05, 0) is 25.0 Å². The van der Waals surface area contributed by atoms with Gasteiger partial charge in [-0.1, -0.05) is 0 Å². The summed E-state index contributed by atoms with van der Waals surface area (Å²) in [6.07, 6.45) is 0.549. The number of likely N-dealkylation sites (tertiary alicyclic amines) is 1. The predicted molar refractivity (Wildman–Crippen MR) is 90.0 cm³/mol.